The number of hydrazine groups is 1. The molecule has 0 aliphatic heterocycles. The highest BCUT2D eigenvalue weighted by Crippen LogP contribution is 2.28. The molecule has 0 saturated carbocycles. The average molecular weight is 308 g/mol. The van der Waals surface area contributed by atoms with Crippen molar-refractivity contribution in [1.29, 1.82) is 0 Å². The summed E-state index contributed by atoms with van der Waals surface area (Å²) >= 11 is 1.33. The van der Waals surface area contributed by atoms with Crippen LogP contribution >= 0.6 is 11.3 Å². The summed E-state index contributed by atoms with van der Waals surface area (Å²) in [4.78, 5) is 12.8. The topological polar surface area (TPSA) is 82.8 Å². The Labute approximate surface area is 126 Å². The first-order chi connectivity index (χ1) is 10.2. The molecule has 1 heterocycles. The summed E-state index contributed by atoms with van der Waals surface area (Å²) in [5.74, 6) is 6.71. The highest BCUT2D eigenvalue weighted by atomic mass is 32.1. The molecule has 1 aromatic heterocycles. The van der Waals surface area contributed by atoms with E-state index in [1.165, 1.54) is 11.3 Å². The minimum atomic E-state index is -0.311. The Hall–Kier alpha value is -2.25. The van der Waals surface area contributed by atoms with Gasteiger partial charge < -0.3 is 14.2 Å². The van der Waals surface area contributed by atoms with Gasteiger partial charge in [-0.2, -0.15) is 0 Å². The van der Waals surface area contributed by atoms with Gasteiger partial charge >= 0.3 is 0 Å². The number of nitrogen functional groups attached to an aromatic ring is 1. The standard InChI is InChI=1S/C14H16N2O4S/c1-18-9-5-10(19-2)7-11(6-9)20-8-12-3-4-13(21-12)14(17)16-15/h3-7H,8,15H2,1-2H3,(H,16,17). The van der Waals surface area contributed by atoms with Crippen LogP contribution in [0.2, 0.25) is 0 Å². The normalized spacial score (nSPS) is 10.0. The molecule has 0 bridgehead atoms. The van der Waals surface area contributed by atoms with Crippen molar-refractivity contribution in [2.75, 3.05) is 14.2 Å². The summed E-state index contributed by atoms with van der Waals surface area (Å²) in [5, 5.41) is 0. The van der Waals surface area contributed by atoms with Gasteiger partial charge in [-0.3, -0.25) is 10.2 Å². The smallest absolute Gasteiger partial charge is 0.275 e. The molecule has 0 saturated heterocycles. The predicted octanol–water partition coefficient (Wildman–Crippen LogP) is 1.95. The SMILES string of the molecule is COc1cc(OC)cc(OCc2ccc(C(=O)NN)s2)c1. The largest absolute Gasteiger partial charge is 0.496 e. The molecule has 7 heteroatoms. The van der Waals surface area contributed by atoms with Crippen molar-refractivity contribution in [2.24, 2.45) is 5.84 Å². The summed E-state index contributed by atoms with van der Waals surface area (Å²) in [5.41, 5.74) is 2.10. The monoisotopic (exact) mass is 308 g/mol. The zero-order valence-corrected chi connectivity index (χ0v) is 12.5. The van der Waals surface area contributed by atoms with Gasteiger partial charge in [-0.15, -0.1) is 11.3 Å². The minimum absolute atomic E-state index is 0.311. The molecule has 6 nitrogen and oxygen atoms in total. The maximum atomic E-state index is 11.4. The molecule has 2 aromatic rings. The van der Waals surface area contributed by atoms with Crippen LogP contribution in [0.4, 0.5) is 0 Å². The minimum Gasteiger partial charge on any atom is -0.496 e. The molecule has 21 heavy (non-hydrogen) atoms. The van der Waals surface area contributed by atoms with Gasteiger partial charge in [-0.1, -0.05) is 0 Å². The second kappa shape index (κ2) is 6.96. The molecule has 0 aliphatic carbocycles. The fraction of sp³-hybridized carbons (Fsp3) is 0.214. The number of benzene rings is 1. The Kier molecular flexibility index (Phi) is 5.02. The van der Waals surface area contributed by atoms with Crippen molar-refractivity contribution in [1.82, 2.24) is 5.43 Å². The van der Waals surface area contributed by atoms with Crippen LogP contribution in [0.5, 0.6) is 17.2 Å². The lowest BCUT2D eigenvalue weighted by atomic mass is 10.3. The number of methoxy groups -OCH3 is 2. The maximum absolute atomic E-state index is 11.4. The summed E-state index contributed by atoms with van der Waals surface area (Å²) in [6.07, 6.45) is 0. The van der Waals surface area contributed by atoms with E-state index >= 15 is 0 Å². The van der Waals surface area contributed by atoms with Crippen LogP contribution in [0.15, 0.2) is 30.3 Å². The fourth-order valence-electron chi connectivity index (χ4n) is 1.67. The number of thiophene rings is 1. The Bertz CT molecular complexity index is 605. The first kappa shape index (κ1) is 15.1. The van der Waals surface area contributed by atoms with Crippen molar-refractivity contribution in [3.63, 3.8) is 0 Å². The van der Waals surface area contributed by atoms with Crippen LogP contribution in [0.25, 0.3) is 0 Å². The number of rotatable bonds is 6. The fourth-order valence-corrected chi connectivity index (χ4v) is 2.49. The van der Waals surface area contributed by atoms with E-state index in [0.717, 1.165) is 4.88 Å². The Morgan fingerprint density at radius 1 is 1.14 bits per heavy atom. The first-order valence-corrected chi connectivity index (χ1v) is 6.93. The van der Waals surface area contributed by atoms with Gasteiger partial charge in [0.2, 0.25) is 0 Å². The number of carbonyl (C=O) groups is 1. The van der Waals surface area contributed by atoms with E-state index in [0.29, 0.717) is 28.7 Å². The Morgan fingerprint density at radius 2 is 1.76 bits per heavy atom. The second-order valence-corrected chi connectivity index (χ2v) is 5.24. The molecule has 1 aromatic carbocycles. The lowest BCUT2D eigenvalue weighted by molar-refractivity contribution is 0.0957. The molecule has 3 N–H and O–H groups in total. The molecule has 0 radical (unpaired) electrons. The van der Waals surface area contributed by atoms with E-state index in [1.54, 1.807) is 38.5 Å². The van der Waals surface area contributed by atoms with Crippen molar-refractivity contribution >= 4 is 17.2 Å². The number of ether oxygens (including phenoxy) is 3. The third-order valence-electron chi connectivity index (χ3n) is 2.72. The second-order valence-electron chi connectivity index (χ2n) is 4.08. The van der Waals surface area contributed by atoms with Crippen LogP contribution < -0.4 is 25.5 Å². The number of carbonyl (C=O) groups excluding carboxylic acids is 1. The molecule has 1 amide bonds. The summed E-state index contributed by atoms with van der Waals surface area (Å²) < 4.78 is 16.0. The summed E-state index contributed by atoms with van der Waals surface area (Å²) in [7, 11) is 3.16. The molecule has 0 spiro atoms. The van der Waals surface area contributed by atoms with Gasteiger partial charge in [-0.25, -0.2) is 5.84 Å². The van der Waals surface area contributed by atoms with Crippen LogP contribution in [-0.4, -0.2) is 20.1 Å². The third-order valence-corrected chi connectivity index (χ3v) is 3.78. The molecule has 0 fully saturated rings. The molecular formula is C14H16N2O4S. The maximum Gasteiger partial charge on any atom is 0.275 e. The van der Waals surface area contributed by atoms with E-state index in [2.05, 4.69) is 5.43 Å². The van der Waals surface area contributed by atoms with Crippen molar-refractivity contribution in [3.8, 4) is 17.2 Å². The van der Waals surface area contributed by atoms with Gasteiger partial charge in [0.15, 0.2) is 0 Å². The molecule has 0 atom stereocenters. The quantitative estimate of drug-likeness (QED) is 0.484. The zero-order chi connectivity index (χ0) is 15.2. The highest BCUT2D eigenvalue weighted by molar-refractivity contribution is 7.14. The lowest BCUT2D eigenvalue weighted by Gasteiger charge is -2.09. The Morgan fingerprint density at radius 3 is 2.33 bits per heavy atom. The highest BCUT2D eigenvalue weighted by Gasteiger charge is 2.08. The van der Waals surface area contributed by atoms with Crippen LogP contribution in [-0.2, 0) is 6.61 Å². The van der Waals surface area contributed by atoms with Gasteiger partial charge in [0.05, 0.1) is 19.1 Å². The number of nitrogens with two attached hydrogens (primary N) is 1. The van der Waals surface area contributed by atoms with Crippen LogP contribution in [0.3, 0.4) is 0 Å². The molecular weight excluding hydrogens is 292 g/mol. The number of hydrogen-bond acceptors (Lipinski definition) is 6. The zero-order valence-electron chi connectivity index (χ0n) is 11.7. The van der Waals surface area contributed by atoms with E-state index in [1.807, 2.05) is 6.07 Å². The Balaban J connectivity index is 2.05. The first-order valence-electron chi connectivity index (χ1n) is 6.11. The van der Waals surface area contributed by atoms with E-state index in [4.69, 9.17) is 20.1 Å². The third kappa shape index (κ3) is 3.87. The number of hydrogen-bond donors (Lipinski definition) is 2. The van der Waals surface area contributed by atoms with E-state index in [-0.39, 0.29) is 5.91 Å². The lowest BCUT2D eigenvalue weighted by Crippen LogP contribution is -2.29. The van der Waals surface area contributed by atoms with Gasteiger partial charge in [0.1, 0.15) is 23.9 Å². The molecule has 2 rings (SSSR count). The van der Waals surface area contributed by atoms with Crippen LogP contribution in [0.1, 0.15) is 14.5 Å². The summed E-state index contributed by atoms with van der Waals surface area (Å²) in [6.45, 7) is 0.346. The number of amides is 1. The van der Waals surface area contributed by atoms with Crippen molar-refractivity contribution in [3.05, 3.63) is 40.1 Å². The van der Waals surface area contributed by atoms with Crippen molar-refractivity contribution < 1.29 is 19.0 Å². The molecule has 0 unspecified atom stereocenters. The van der Waals surface area contributed by atoms with Gasteiger partial charge in [0, 0.05) is 23.1 Å². The van der Waals surface area contributed by atoms with E-state index < -0.39 is 0 Å². The van der Waals surface area contributed by atoms with E-state index in [9.17, 15) is 4.79 Å². The predicted molar refractivity (Wildman–Crippen MR) is 79.9 cm³/mol. The average Bonchev–Trinajstić information content (AvgIpc) is 3.00. The summed E-state index contributed by atoms with van der Waals surface area (Å²) in [6, 6.07) is 8.83. The van der Waals surface area contributed by atoms with Gasteiger partial charge in [-0.05, 0) is 12.1 Å². The van der Waals surface area contributed by atoms with Crippen LogP contribution in [0, 0.1) is 0 Å². The number of nitrogens with one attached hydrogen (secondary N) is 1. The molecule has 0 aliphatic rings. The molecule has 112 valence electrons. The van der Waals surface area contributed by atoms with Gasteiger partial charge in [0.25, 0.3) is 5.91 Å². The van der Waals surface area contributed by atoms with Crippen molar-refractivity contribution in [2.45, 2.75) is 6.61 Å².